The summed E-state index contributed by atoms with van der Waals surface area (Å²) in [7, 11) is -1.97. The Kier molecular flexibility index (Phi) is 10.1. The summed E-state index contributed by atoms with van der Waals surface area (Å²) in [6.45, 7) is 4.34. The molecule has 202 valence electrons. The summed E-state index contributed by atoms with van der Waals surface area (Å²) in [5, 5.41) is 2.72. The molecule has 3 aromatic carbocycles. The first-order valence-electron chi connectivity index (χ1n) is 12.7. The summed E-state index contributed by atoms with van der Waals surface area (Å²) < 4.78 is 26.4. The van der Waals surface area contributed by atoms with Crippen LogP contribution in [0.5, 0.6) is 0 Å². The lowest BCUT2D eigenvalue weighted by Crippen LogP contribution is -2.49. The molecule has 3 rings (SSSR count). The number of nitrogens with one attached hydrogen (secondary N) is 1. The molecule has 0 aliphatic rings. The Bertz CT molecular complexity index is 1330. The largest absolute Gasteiger partial charge is 0.357 e. The van der Waals surface area contributed by atoms with Crippen molar-refractivity contribution < 1.29 is 18.0 Å². The average Bonchev–Trinajstić information content (AvgIpc) is 2.89. The van der Waals surface area contributed by atoms with E-state index in [4.69, 9.17) is 0 Å². The van der Waals surface area contributed by atoms with Crippen molar-refractivity contribution in [2.75, 3.05) is 24.2 Å². The van der Waals surface area contributed by atoms with E-state index in [1.807, 2.05) is 86.6 Å². The van der Waals surface area contributed by atoms with Gasteiger partial charge in [-0.1, -0.05) is 72.3 Å². The Labute approximate surface area is 226 Å². The van der Waals surface area contributed by atoms with Gasteiger partial charge in [0.2, 0.25) is 21.8 Å². The van der Waals surface area contributed by atoms with Crippen LogP contribution in [0.2, 0.25) is 0 Å². The predicted molar refractivity (Wildman–Crippen MR) is 152 cm³/mol. The lowest BCUT2D eigenvalue weighted by Gasteiger charge is -2.31. The summed E-state index contributed by atoms with van der Waals surface area (Å²) in [5.41, 5.74) is 4.50. The van der Waals surface area contributed by atoms with E-state index in [-0.39, 0.29) is 31.3 Å². The number of amides is 2. The molecule has 0 aromatic heterocycles. The Morgan fingerprint density at radius 1 is 0.868 bits per heavy atom. The molecule has 38 heavy (non-hydrogen) atoms. The van der Waals surface area contributed by atoms with Crippen molar-refractivity contribution in [3.63, 3.8) is 0 Å². The maximum atomic E-state index is 13.7. The average molecular weight is 536 g/mol. The molecule has 2 amide bonds. The SMILES string of the molecule is CNC(=O)C(Cc1ccccc1)N(Cc1ccc(C)cc1)C(=O)CCCN(c1cccc(C)c1)S(C)(=O)=O. The topological polar surface area (TPSA) is 86.8 Å². The second-order valence-electron chi connectivity index (χ2n) is 9.60. The Morgan fingerprint density at radius 3 is 2.16 bits per heavy atom. The van der Waals surface area contributed by atoms with Crippen molar-refractivity contribution in [1.29, 1.82) is 0 Å². The number of aryl methyl sites for hydroxylation is 2. The number of sulfonamides is 1. The highest BCUT2D eigenvalue weighted by molar-refractivity contribution is 7.92. The number of carbonyl (C=O) groups is 2. The monoisotopic (exact) mass is 535 g/mol. The van der Waals surface area contributed by atoms with E-state index >= 15 is 0 Å². The van der Waals surface area contributed by atoms with Gasteiger partial charge in [0.05, 0.1) is 11.9 Å². The smallest absolute Gasteiger partial charge is 0.242 e. The molecular formula is C30H37N3O4S. The van der Waals surface area contributed by atoms with Gasteiger partial charge in [0.1, 0.15) is 6.04 Å². The summed E-state index contributed by atoms with van der Waals surface area (Å²) in [4.78, 5) is 28.3. The minimum atomic E-state index is -3.54. The molecule has 1 N–H and O–H groups in total. The van der Waals surface area contributed by atoms with Gasteiger partial charge < -0.3 is 10.2 Å². The van der Waals surface area contributed by atoms with Crippen LogP contribution in [0.3, 0.4) is 0 Å². The van der Waals surface area contributed by atoms with Crippen LogP contribution >= 0.6 is 0 Å². The minimum Gasteiger partial charge on any atom is -0.357 e. The maximum Gasteiger partial charge on any atom is 0.242 e. The van der Waals surface area contributed by atoms with Crippen LogP contribution in [0, 0.1) is 13.8 Å². The molecule has 0 heterocycles. The van der Waals surface area contributed by atoms with E-state index in [0.717, 1.165) is 22.3 Å². The highest BCUT2D eigenvalue weighted by Crippen LogP contribution is 2.21. The molecule has 0 aliphatic carbocycles. The second-order valence-corrected chi connectivity index (χ2v) is 11.5. The van der Waals surface area contributed by atoms with Gasteiger partial charge in [-0.25, -0.2) is 8.42 Å². The lowest BCUT2D eigenvalue weighted by atomic mass is 10.0. The van der Waals surface area contributed by atoms with Crippen molar-refractivity contribution in [1.82, 2.24) is 10.2 Å². The zero-order valence-corrected chi connectivity index (χ0v) is 23.4. The fraction of sp³-hybridized carbons (Fsp3) is 0.333. The van der Waals surface area contributed by atoms with E-state index in [9.17, 15) is 18.0 Å². The fourth-order valence-electron chi connectivity index (χ4n) is 4.40. The summed E-state index contributed by atoms with van der Waals surface area (Å²) in [5.74, 6) is -0.445. The first-order valence-corrected chi connectivity index (χ1v) is 14.6. The first-order chi connectivity index (χ1) is 18.1. The van der Waals surface area contributed by atoms with Crippen molar-refractivity contribution in [3.05, 3.63) is 101 Å². The van der Waals surface area contributed by atoms with Crippen molar-refractivity contribution in [2.45, 2.75) is 45.7 Å². The molecule has 3 aromatic rings. The molecule has 0 aliphatic heterocycles. The zero-order chi connectivity index (χ0) is 27.7. The van der Waals surface area contributed by atoms with E-state index in [1.54, 1.807) is 18.0 Å². The summed E-state index contributed by atoms with van der Waals surface area (Å²) in [6.07, 6.45) is 1.96. The minimum absolute atomic E-state index is 0.103. The van der Waals surface area contributed by atoms with E-state index < -0.39 is 16.1 Å². The van der Waals surface area contributed by atoms with Crippen molar-refractivity contribution >= 4 is 27.5 Å². The quantitative estimate of drug-likeness (QED) is 0.376. The van der Waals surface area contributed by atoms with Gasteiger partial charge >= 0.3 is 0 Å². The summed E-state index contributed by atoms with van der Waals surface area (Å²) in [6, 6.07) is 24.1. The molecule has 0 radical (unpaired) electrons. The second kappa shape index (κ2) is 13.2. The molecule has 0 bridgehead atoms. The van der Waals surface area contributed by atoms with Crippen LogP contribution in [-0.2, 0) is 32.6 Å². The molecule has 0 fully saturated rings. The molecule has 0 spiro atoms. The van der Waals surface area contributed by atoms with Crippen molar-refractivity contribution in [2.24, 2.45) is 0 Å². The normalized spacial score (nSPS) is 12.0. The lowest BCUT2D eigenvalue weighted by molar-refractivity contribution is -0.141. The van der Waals surface area contributed by atoms with Crippen LogP contribution in [0.4, 0.5) is 5.69 Å². The third kappa shape index (κ3) is 8.18. The van der Waals surface area contributed by atoms with Gasteiger partial charge in [-0.15, -0.1) is 0 Å². The Morgan fingerprint density at radius 2 is 1.55 bits per heavy atom. The van der Waals surface area contributed by atoms with Crippen LogP contribution in [0.1, 0.15) is 35.1 Å². The van der Waals surface area contributed by atoms with Crippen LogP contribution < -0.4 is 9.62 Å². The Balaban J connectivity index is 1.84. The van der Waals surface area contributed by atoms with Gasteiger partial charge in [0.15, 0.2) is 0 Å². The number of hydrogen-bond donors (Lipinski definition) is 1. The number of likely N-dealkylation sites (N-methyl/N-ethyl adjacent to an activating group) is 1. The number of carbonyl (C=O) groups excluding carboxylic acids is 2. The molecule has 1 atom stereocenters. The first kappa shape index (κ1) is 28.9. The standard InChI is InChI=1S/C30H37N3O4S/c1-23-15-17-26(18-16-23)22-32(28(30(35)31-3)21-25-11-6-5-7-12-25)29(34)14-9-19-33(38(4,36)37)27-13-8-10-24(2)20-27/h5-8,10-13,15-18,20,28H,9,14,19,21-22H2,1-4H3,(H,31,35). The third-order valence-electron chi connectivity index (χ3n) is 6.43. The van der Waals surface area contributed by atoms with Crippen LogP contribution in [-0.4, -0.2) is 51.0 Å². The van der Waals surface area contributed by atoms with Gasteiger partial charge in [0, 0.05) is 33.0 Å². The molecule has 8 heteroatoms. The van der Waals surface area contributed by atoms with Gasteiger partial charge in [0.25, 0.3) is 0 Å². The number of benzene rings is 3. The molecule has 7 nitrogen and oxygen atoms in total. The van der Waals surface area contributed by atoms with Crippen LogP contribution in [0.15, 0.2) is 78.9 Å². The van der Waals surface area contributed by atoms with Crippen molar-refractivity contribution in [3.8, 4) is 0 Å². The number of hydrogen-bond acceptors (Lipinski definition) is 4. The predicted octanol–water partition coefficient (Wildman–Crippen LogP) is 4.24. The van der Waals surface area contributed by atoms with Gasteiger partial charge in [-0.3, -0.25) is 13.9 Å². The van der Waals surface area contributed by atoms with E-state index in [2.05, 4.69) is 5.32 Å². The van der Waals surface area contributed by atoms with Crippen LogP contribution in [0.25, 0.3) is 0 Å². The van der Waals surface area contributed by atoms with E-state index in [1.165, 1.54) is 10.6 Å². The highest BCUT2D eigenvalue weighted by Gasteiger charge is 2.30. The highest BCUT2D eigenvalue weighted by atomic mass is 32.2. The summed E-state index contributed by atoms with van der Waals surface area (Å²) >= 11 is 0. The number of anilines is 1. The number of nitrogens with zero attached hydrogens (tertiary/aromatic N) is 2. The Hall–Kier alpha value is -3.65. The third-order valence-corrected chi connectivity index (χ3v) is 7.63. The maximum absolute atomic E-state index is 13.7. The van der Waals surface area contributed by atoms with Gasteiger partial charge in [-0.05, 0) is 49.1 Å². The fourth-order valence-corrected chi connectivity index (χ4v) is 5.36. The number of rotatable bonds is 12. The molecule has 0 saturated carbocycles. The van der Waals surface area contributed by atoms with E-state index in [0.29, 0.717) is 18.5 Å². The zero-order valence-electron chi connectivity index (χ0n) is 22.6. The molecule has 0 saturated heterocycles. The van der Waals surface area contributed by atoms with Gasteiger partial charge in [-0.2, -0.15) is 0 Å². The molecular weight excluding hydrogens is 498 g/mol. The molecule has 1 unspecified atom stereocenters.